The average molecular weight is 467 g/mol. The number of likely N-dealkylation sites (tertiary alicyclic amines) is 1. The molecule has 0 aromatic carbocycles. The monoisotopic (exact) mass is 467 g/mol. The fraction of sp³-hybridized carbons (Fsp3) is 0.824. The van der Waals surface area contributed by atoms with Crippen molar-refractivity contribution in [3.63, 3.8) is 0 Å². The Morgan fingerprint density at radius 3 is 2.56 bits per heavy atom. The van der Waals surface area contributed by atoms with E-state index < -0.39 is 0 Å². The van der Waals surface area contributed by atoms with Gasteiger partial charge in [-0.1, -0.05) is 20.8 Å². The molecule has 0 aromatic heterocycles. The summed E-state index contributed by atoms with van der Waals surface area (Å²) in [5, 5.41) is 9.41. The molecular formula is C17H34IN5O2. The molecule has 0 radical (unpaired) electrons. The van der Waals surface area contributed by atoms with Crippen LogP contribution in [0.4, 0.5) is 0 Å². The predicted molar refractivity (Wildman–Crippen MR) is 112 cm³/mol. The second-order valence-electron chi connectivity index (χ2n) is 6.43. The smallest absolute Gasteiger partial charge is 0.225 e. The lowest BCUT2D eigenvalue weighted by Crippen LogP contribution is -2.45. The van der Waals surface area contributed by atoms with Gasteiger partial charge in [-0.15, -0.1) is 24.0 Å². The van der Waals surface area contributed by atoms with Crippen molar-refractivity contribution in [3.05, 3.63) is 0 Å². The van der Waals surface area contributed by atoms with Crippen LogP contribution < -0.4 is 16.0 Å². The van der Waals surface area contributed by atoms with Gasteiger partial charge in [0, 0.05) is 44.6 Å². The molecule has 0 aliphatic carbocycles. The fourth-order valence-corrected chi connectivity index (χ4v) is 2.58. The molecule has 2 amide bonds. The lowest BCUT2D eigenvalue weighted by atomic mass is 10.2. The van der Waals surface area contributed by atoms with Crippen molar-refractivity contribution in [1.29, 1.82) is 0 Å². The van der Waals surface area contributed by atoms with Gasteiger partial charge in [0.05, 0.1) is 6.54 Å². The van der Waals surface area contributed by atoms with Gasteiger partial charge in [0.15, 0.2) is 5.96 Å². The minimum Gasteiger partial charge on any atom is -0.357 e. The molecule has 0 spiro atoms. The molecule has 7 nitrogen and oxygen atoms in total. The summed E-state index contributed by atoms with van der Waals surface area (Å²) < 4.78 is 0. The summed E-state index contributed by atoms with van der Waals surface area (Å²) in [6, 6.07) is 0.208. The largest absolute Gasteiger partial charge is 0.357 e. The van der Waals surface area contributed by atoms with Crippen LogP contribution in [0.5, 0.6) is 0 Å². The van der Waals surface area contributed by atoms with Crippen LogP contribution in [0.3, 0.4) is 0 Å². The van der Waals surface area contributed by atoms with Crippen LogP contribution in [0.1, 0.15) is 47.0 Å². The highest BCUT2D eigenvalue weighted by atomic mass is 127. The Balaban J connectivity index is 0.00000576. The number of hydrogen-bond acceptors (Lipinski definition) is 3. The van der Waals surface area contributed by atoms with Crippen molar-refractivity contribution in [3.8, 4) is 0 Å². The number of aliphatic imine (C=N–C) groups is 1. The highest BCUT2D eigenvalue weighted by Gasteiger charge is 2.27. The molecule has 1 unspecified atom stereocenters. The molecule has 1 heterocycles. The van der Waals surface area contributed by atoms with Gasteiger partial charge in [0.25, 0.3) is 0 Å². The number of nitrogens with one attached hydrogen (secondary N) is 3. The van der Waals surface area contributed by atoms with Gasteiger partial charge in [-0.25, -0.2) is 0 Å². The van der Waals surface area contributed by atoms with Crippen LogP contribution in [-0.4, -0.2) is 61.4 Å². The predicted octanol–water partition coefficient (Wildman–Crippen LogP) is 1.33. The lowest BCUT2D eigenvalue weighted by molar-refractivity contribution is -0.133. The molecule has 8 heteroatoms. The number of hydrogen-bond donors (Lipinski definition) is 3. The molecular weight excluding hydrogens is 433 g/mol. The number of guanidine groups is 1. The topological polar surface area (TPSA) is 85.8 Å². The van der Waals surface area contributed by atoms with Gasteiger partial charge in [0.1, 0.15) is 0 Å². The number of nitrogens with zero attached hydrogens (tertiary/aromatic N) is 2. The molecule has 1 rings (SSSR count). The summed E-state index contributed by atoms with van der Waals surface area (Å²) in [5.74, 6) is 0.983. The summed E-state index contributed by atoms with van der Waals surface area (Å²) >= 11 is 0. The Morgan fingerprint density at radius 2 is 1.96 bits per heavy atom. The SMILES string of the molecule is CCCNC(=O)CCN=C(NCC)NC1CCN(C(=O)C(C)C)C1.I. The lowest BCUT2D eigenvalue weighted by Gasteiger charge is -2.20. The van der Waals surface area contributed by atoms with Crippen LogP contribution in [-0.2, 0) is 9.59 Å². The average Bonchev–Trinajstić information content (AvgIpc) is 3.00. The van der Waals surface area contributed by atoms with Crippen LogP contribution in [0.25, 0.3) is 0 Å². The first-order valence-corrected chi connectivity index (χ1v) is 9.08. The molecule has 1 aliphatic heterocycles. The molecule has 146 valence electrons. The zero-order valence-corrected chi connectivity index (χ0v) is 18.3. The van der Waals surface area contributed by atoms with Crippen molar-refractivity contribution in [2.45, 2.75) is 53.0 Å². The molecule has 1 saturated heterocycles. The quantitative estimate of drug-likeness (QED) is 0.286. The third-order valence-corrected chi connectivity index (χ3v) is 3.86. The summed E-state index contributed by atoms with van der Waals surface area (Å²) in [5.41, 5.74) is 0. The van der Waals surface area contributed by atoms with E-state index in [9.17, 15) is 9.59 Å². The van der Waals surface area contributed by atoms with Crippen LogP contribution in [0.2, 0.25) is 0 Å². The van der Waals surface area contributed by atoms with E-state index in [1.807, 2.05) is 32.6 Å². The Kier molecular flexibility index (Phi) is 12.6. The maximum atomic E-state index is 12.0. The maximum absolute atomic E-state index is 12.0. The Labute approximate surface area is 168 Å². The number of rotatable bonds is 8. The minimum atomic E-state index is 0. The molecule has 1 fully saturated rings. The summed E-state index contributed by atoms with van der Waals surface area (Å²) in [6.45, 7) is 11.3. The van der Waals surface area contributed by atoms with Gasteiger partial charge in [-0.05, 0) is 19.8 Å². The molecule has 0 bridgehead atoms. The Bertz CT molecular complexity index is 443. The van der Waals surface area contributed by atoms with E-state index in [1.54, 1.807) is 0 Å². The van der Waals surface area contributed by atoms with Gasteiger partial charge >= 0.3 is 0 Å². The van der Waals surface area contributed by atoms with Crippen molar-refractivity contribution < 1.29 is 9.59 Å². The first-order chi connectivity index (χ1) is 11.5. The highest BCUT2D eigenvalue weighted by Crippen LogP contribution is 2.12. The van der Waals surface area contributed by atoms with E-state index in [0.717, 1.165) is 25.9 Å². The zero-order chi connectivity index (χ0) is 17.9. The van der Waals surface area contributed by atoms with Crippen molar-refractivity contribution in [1.82, 2.24) is 20.9 Å². The molecule has 0 aromatic rings. The Hall–Kier alpha value is -1.06. The van der Waals surface area contributed by atoms with Crippen molar-refractivity contribution in [2.75, 3.05) is 32.7 Å². The zero-order valence-electron chi connectivity index (χ0n) is 15.9. The number of carbonyl (C=O) groups excluding carboxylic acids is 2. The molecule has 1 aliphatic rings. The molecule has 3 N–H and O–H groups in total. The van der Waals surface area contributed by atoms with Gasteiger partial charge in [-0.3, -0.25) is 14.6 Å². The van der Waals surface area contributed by atoms with Crippen molar-refractivity contribution >= 4 is 41.8 Å². The minimum absolute atomic E-state index is 0. The summed E-state index contributed by atoms with van der Waals surface area (Å²) in [6.07, 6.45) is 2.24. The third-order valence-electron chi connectivity index (χ3n) is 3.86. The van der Waals surface area contributed by atoms with E-state index in [2.05, 4.69) is 20.9 Å². The van der Waals surface area contributed by atoms with Gasteiger partial charge < -0.3 is 20.9 Å². The molecule has 1 atom stereocenters. The van der Waals surface area contributed by atoms with E-state index in [-0.39, 0.29) is 47.8 Å². The number of amides is 2. The van der Waals surface area contributed by atoms with Crippen LogP contribution >= 0.6 is 24.0 Å². The fourth-order valence-electron chi connectivity index (χ4n) is 2.58. The van der Waals surface area contributed by atoms with Gasteiger partial charge in [-0.2, -0.15) is 0 Å². The third kappa shape index (κ3) is 9.27. The number of carbonyl (C=O) groups is 2. The van der Waals surface area contributed by atoms with Crippen LogP contribution in [0.15, 0.2) is 4.99 Å². The van der Waals surface area contributed by atoms with Crippen LogP contribution in [0, 0.1) is 5.92 Å². The molecule has 0 saturated carbocycles. The molecule has 25 heavy (non-hydrogen) atoms. The normalized spacial score (nSPS) is 17.2. The Morgan fingerprint density at radius 1 is 1.24 bits per heavy atom. The second kappa shape index (κ2) is 13.2. The standard InChI is InChI=1S/C17H33N5O2.HI/c1-5-9-19-15(23)7-10-20-17(18-6-2)21-14-8-11-22(12-14)16(24)13(3)4;/h13-14H,5-12H2,1-4H3,(H,19,23)(H2,18,20,21);1H. The highest BCUT2D eigenvalue weighted by molar-refractivity contribution is 14.0. The van der Waals surface area contributed by atoms with Crippen molar-refractivity contribution in [2.24, 2.45) is 10.9 Å². The van der Waals surface area contributed by atoms with E-state index in [1.165, 1.54) is 0 Å². The van der Waals surface area contributed by atoms with Gasteiger partial charge in [0.2, 0.25) is 11.8 Å². The maximum Gasteiger partial charge on any atom is 0.225 e. The van der Waals surface area contributed by atoms with E-state index in [0.29, 0.717) is 32.0 Å². The van der Waals surface area contributed by atoms with E-state index in [4.69, 9.17) is 0 Å². The first-order valence-electron chi connectivity index (χ1n) is 9.08. The second-order valence-corrected chi connectivity index (χ2v) is 6.43. The summed E-state index contributed by atoms with van der Waals surface area (Å²) in [7, 11) is 0. The first kappa shape index (κ1) is 23.9. The summed E-state index contributed by atoms with van der Waals surface area (Å²) in [4.78, 5) is 30.0. The van der Waals surface area contributed by atoms with E-state index >= 15 is 0 Å². The number of halogens is 1.